The largest absolute Gasteiger partial charge is 0.307 e. The number of aromatic nitrogens is 2. The summed E-state index contributed by atoms with van der Waals surface area (Å²) in [6.45, 7) is 7.18. The highest BCUT2D eigenvalue weighted by molar-refractivity contribution is 6.31. The Labute approximate surface area is 123 Å². The van der Waals surface area contributed by atoms with E-state index >= 15 is 0 Å². The van der Waals surface area contributed by atoms with Crippen molar-refractivity contribution in [3.63, 3.8) is 0 Å². The zero-order valence-corrected chi connectivity index (χ0v) is 13.0. The SMILES string of the molecule is CC(C)CNC(C)c1nc2cc(Cl)ccc2c(=O)n1C. The van der Waals surface area contributed by atoms with Gasteiger partial charge in [0.2, 0.25) is 0 Å². The van der Waals surface area contributed by atoms with E-state index in [4.69, 9.17) is 11.6 Å². The number of benzene rings is 1. The summed E-state index contributed by atoms with van der Waals surface area (Å²) < 4.78 is 1.61. The van der Waals surface area contributed by atoms with E-state index in [0.717, 1.165) is 12.4 Å². The summed E-state index contributed by atoms with van der Waals surface area (Å²) >= 11 is 5.98. The van der Waals surface area contributed by atoms with E-state index in [1.807, 2.05) is 6.92 Å². The molecule has 2 aromatic rings. The van der Waals surface area contributed by atoms with Gasteiger partial charge in [0.05, 0.1) is 16.9 Å². The van der Waals surface area contributed by atoms with Gasteiger partial charge in [-0.1, -0.05) is 25.4 Å². The molecule has 0 amide bonds. The smallest absolute Gasteiger partial charge is 0.261 e. The molecule has 2 rings (SSSR count). The van der Waals surface area contributed by atoms with Gasteiger partial charge in [0.15, 0.2) is 0 Å². The van der Waals surface area contributed by atoms with Crippen LogP contribution in [0.4, 0.5) is 0 Å². The van der Waals surface area contributed by atoms with E-state index in [1.165, 1.54) is 0 Å². The summed E-state index contributed by atoms with van der Waals surface area (Å²) in [5.74, 6) is 1.27. The second-order valence-electron chi connectivity index (χ2n) is 5.52. The highest BCUT2D eigenvalue weighted by Gasteiger charge is 2.14. The number of nitrogens with one attached hydrogen (secondary N) is 1. The van der Waals surface area contributed by atoms with Crippen LogP contribution in [0.5, 0.6) is 0 Å². The lowest BCUT2D eigenvalue weighted by Crippen LogP contribution is -2.31. The minimum atomic E-state index is -0.0418. The second kappa shape index (κ2) is 5.94. The number of rotatable bonds is 4. The van der Waals surface area contributed by atoms with Gasteiger partial charge < -0.3 is 5.32 Å². The number of hydrogen-bond donors (Lipinski definition) is 1. The lowest BCUT2D eigenvalue weighted by atomic mass is 10.2. The molecule has 0 aliphatic heterocycles. The number of halogens is 1. The monoisotopic (exact) mass is 293 g/mol. The number of nitrogens with zero attached hydrogens (tertiary/aromatic N) is 2. The van der Waals surface area contributed by atoms with Crippen LogP contribution in [0.25, 0.3) is 10.9 Å². The van der Waals surface area contributed by atoms with Gasteiger partial charge in [0.25, 0.3) is 5.56 Å². The molecule has 0 bridgehead atoms. The molecule has 0 fully saturated rings. The van der Waals surface area contributed by atoms with Crippen molar-refractivity contribution in [1.82, 2.24) is 14.9 Å². The van der Waals surface area contributed by atoms with E-state index in [1.54, 1.807) is 29.8 Å². The molecule has 1 N–H and O–H groups in total. The minimum absolute atomic E-state index is 0.0125. The maximum atomic E-state index is 12.4. The summed E-state index contributed by atoms with van der Waals surface area (Å²) in [7, 11) is 1.76. The lowest BCUT2D eigenvalue weighted by molar-refractivity contribution is 0.468. The van der Waals surface area contributed by atoms with Crippen LogP contribution in [0.2, 0.25) is 5.02 Å². The van der Waals surface area contributed by atoms with E-state index in [9.17, 15) is 4.79 Å². The first kappa shape index (κ1) is 15.0. The predicted octanol–water partition coefficient (Wildman–Crippen LogP) is 2.89. The second-order valence-corrected chi connectivity index (χ2v) is 5.96. The van der Waals surface area contributed by atoms with Crippen molar-refractivity contribution in [2.24, 2.45) is 13.0 Å². The summed E-state index contributed by atoms with van der Waals surface area (Å²) in [4.78, 5) is 16.9. The van der Waals surface area contributed by atoms with E-state index in [-0.39, 0.29) is 11.6 Å². The first-order valence-electron chi connectivity index (χ1n) is 6.79. The normalized spacial score (nSPS) is 13.1. The van der Waals surface area contributed by atoms with Crippen LogP contribution < -0.4 is 10.9 Å². The van der Waals surface area contributed by atoms with Gasteiger partial charge in [-0.15, -0.1) is 0 Å². The van der Waals surface area contributed by atoms with Crippen LogP contribution in [0.1, 0.15) is 32.6 Å². The Balaban J connectivity index is 2.48. The van der Waals surface area contributed by atoms with Crippen molar-refractivity contribution in [3.8, 4) is 0 Å². The molecular formula is C15H20ClN3O. The summed E-state index contributed by atoms with van der Waals surface area (Å²) in [5.41, 5.74) is 0.605. The van der Waals surface area contributed by atoms with Crippen LogP contribution in [-0.2, 0) is 7.05 Å². The van der Waals surface area contributed by atoms with Gasteiger partial charge in [0, 0.05) is 12.1 Å². The molecule has 1 aromatic carbocycles. The topological polar surface area (TPSA) is 46.9 Å². The van der Waals surface area contributed by atoms with Crippen LogP contribution in [0, 0.1) is 5.92 Å². The van der Waals surface area contributed by atoms with Crippen LogP contribution in [0.15, 0.2) is 23.0 Å². The number of fused-ring (bicyclic) bond motifs is 1. The van der Waals surface area contributed by atoms with Gasteiger partial charge in [-0.2, -0.15) is 0 Å². The molecule has 1 aromatic heterocycles. The molecule has 0 aliphatic carbocycles. The zero-order chi connectivity index (χ0) is 14.9. The molecule has 5 heteroatoms. The lowest BCUT2D eigenvalue weighted by Gasteiger charge is -2.18. The average molecular weight is 294 g/mol. The fourth-order valence-corrected chi connectivity index (χ4v) is 2.32. The molecule has 0 saturated carbocycles. The average Bonchev–Trinajstić information content (AvgIpc) is 2.39. The first-order chi connectivity index (χ1) is 9.40. The molecule has 0 spiro atoms. The zero-order valence-electron chi connectivity index (χ0n) is 12.3. The van der Waals surface area contributed by atoms with Crippen molar-refractivity contribution >= 4 is 22.5 Å². The van der Waals surface area contributed by atoms with Crippen molar-refractivity contribution < 1.29 is 0 Å². The highest BCUT2D eigenvalue weighted by atomic mass is 35.5. The molecule has 0 aliphatic rings. The van der Waals surface area contributed by atoms with Gasteiger partial charge in [0.1, 0.15) is 5.82 Å². The van der Waals surface area contributed by atoms with Crippen molar-refractivity contribution in [2.75, 3.05) is 6.54 Å². The highest BCUT2D eigenvalue weighted by Crippen LogP contribution is 2.17. The molecule has 1 unspecified atom stereocenters. The minimum Gasteiger partial charge on any atom is -0.307 e. The molecular weight excluding hydrogens is 274 g/mol. The third kappa shape index (κ3) is 3.02. The molecule has 20 heavy (non-hydrogen) atoms. The Kier molecular flexibility index (Phi) is 4.45. The van der Waals surface area contributed by atoms with Gasteiger partial charge in [-0.3, -0.25) is 9.36 Å². The Morgan fingerprint density at radius 2 is 2.05 bits per heavy atom. The van der Waals surface area contributed by atoms with Crippen molar-refractivity contribution in [2.45, 2.75) is 26.8 Å². The Hall–Kier alpha value is -1.39. The fourth-order valence-electron chi connectivity index (χ4n) is 2.15. The molecule has 1 atom stereocenters. The van der Waals surface area contributed by atoms with Crippen LogP contribution >= 0.6 is 11.6 Å². The van der Waals surface area contributed by atoms with Gasteiger partial charge >= 0.3 is 0 Å². The quantitative estimate of drug-likeness (QED) is 0.943. The summed E-state index contributed by atoms with van der Waals surface area (Å²) in [5, 5.41) is 4.57. The third-order valence-corrected chi connectivity index (χ3v) is 3.53. The maximum absolute atomic E-state index is 12.4. The predicted molar refractivity (Wildman–Crippen MR) is 83.2 cm³/mol. The summed E-state index contributed by atoms with van der Waals surface area (Å²) in [6, 6.07) is 5.19. The summed E-state index contributed by atoms with van der Waals surface area (Å²) in [6.07, 6.45) is 0. The van der Waals surface area contributed by atoms with Crippen molar-refractivity contribution in [1.29, 1.82) is 0 Å². The van der Waals surface area contributed by atoms with Crippen molar-refractivity contribution in [3.05, 3.63) is 39.4 Å². The van der Waals surface area contributed by atoms with E-state index in [2.05, 4.69) is 24.1 Å². The molecule has 1 heterocycles. The Bertz CT molecular complexity index is 679. The Morgan fingerprint density at radius 1 is 1.35 bits per heavy atom. The van der Waals surface area contributed by atoms with Gasteiger partial charge in [-0.05, 0) is 37.6 Å². The van der Waals surface area contributed by atoms with E-state index in [0.29, 0.717) is 21.8 Å². The fraction of sp³-hybridized carbons (Fsp3) is 0.467. The molecule has 0 saturated heterocycles. The van der Waals surface area contributed by atoms with Gasteiger partial charge in [-0.25, -0.2) is 4.98 Å². The molecule has 0 radical (unpaired) electrons. The van der Waals surface area contributed by atoms with Crippen LogP contribution in [-0.4, -0.2) is 16.1 Å². The standard InChI is InChI=1S/C15H20ClN3O/c1-9(2)8-17-10(3)14-18-13-7-11(16)5-6-12(13)15(20)19(14)4/h5-7,9-10,17H,8H2,1-4H3. The van der Waals surface area contributed by atoms with E-state index < -0.39 is 0 Å². The number of hydrogen-bond acceptors (Lipinski definition) is 3. The molecule has 4 nitrogen and oxygen atoms in total. The first-order valence-corrected chi connectivity index (χ1v) is 7.17. The third-order valence-electron chi connectivity index (χ3n) is 3.29. The molecule has 108 valence electrons. The maximum Gasteiger partial charge on any atom is 0.261 e. The van der Waals surface area contributed by atoms with Crippen LogP contribution in [0.3, 0.4) is 0 Å². The Morgan fingerprint density at radius 3 is 2.70 bits per heavy atom.